The van der Waals surface area contributed by atoms with Crippen molar-refractivity contribution in [2.24, 2.45) is 0 Å². The molecule has 2 amide bonds. The van der Waals surface area contributed by atoms with Gasteiger partial charge >= 0.3 is 0 Å². The van der Waals surface area contributed by atoms with Crippen LogP contribution in [0.25, 0.3) is 0 Å². The van der Waals surface area contributed by atoms with Crippen molar-refractivity contribution >= 4 is 33.4 Å². The summed E-state index contributed by atoms with van der Waals surface area (Å²) in [5.41, 5.74) is 1.14. The molecule has 0 bridgehead atoms. The van der Waals surface area contributed by atoms with Gasteiger partial charge in [-0.05, 0) is 86.9 Å². The second-order valence-electron chi connectivity index (χ2n) is 9.48. The molecule has 4 rings (SSSR count). The number of benzene rings is 2. The van der Waals surface area contributed by atoms with Gasteiger partial charge in [0.25, 0.3) is 5.91 Å². The van der Waals surface area contributed by atoms with Crippen LogP contribution in [0.5, 0.6) is 0 Å². The molecule has 1 heterocycles. The third-order valence-corrected chi connectivity index (χ3v) is 8.98. The number of amides is 2. The Labute approximate surface area is 217 Å². The van der Waals surface area contributed by atoms with E-state index in [9.17, 15) is 23.1 Å². The molecule has 2 aromatic carbocycles. The van der Waals surface area contributed by atoms with E-state index >= 15 is 0 Å². The molecule has 2 aliphatic rings. The topological polar surface area (TPSA) is 116 Å². The molecule has 1 atom stereocenters. The van der Waals surface area contributed by atoms with Crippen LogP contribution in [0.4, 0.5) is 0 Å². The van der Waals surface area contributed by atoms with Crippen LogP contribution in [0.15, 0.2) is 53.4 Å². The van der Waals surface area contributed by atoms with Crippen LogP contribution in [0.1, 0.15) is 60.9 Å². The Morgan fingerprint density at radius 1 is 1.00 bits per heavy atom. The number of carbonyl (C=O) groups is 2. The van der Waals surface area contributed by atoms with Gasteiger partial charge in [-0.1, -0.05) is 23.7 Å². The van der Waals surface area contributed by atoms with Crippen LogP contribution in [-0.2, 0) is 21.4 Å². The molecule has 0 spiro atoms. The molecule has 2 aromatic rings. The predicted molar refractivity (Wildman–Crippen MR) is 137 cm³/mol. The van der Waals surface area contributed by atoms with Crippen LogP contribution in [0, 0.1) is 0 Å². The average Bonchev–Trinajstić information content (AvgIpc) is 3.08. The van der Waals surface area contributed by atoms with Crippen LogP contribution < -0.4 is 10.6 Å². The Kier molecular flexibility index (Phi) is 8.66. The quantitative estimate of drug-likeness (QED) is 0.505. The summed E-state index contributed by atoms with van der Waals surface area (Å²) in [6.45, 7) is 0.513. The Balaban J connectivity index is 1.54. The number of sulfonamides is 1. The Bertz CT molecular complexity index is 1160. The number of aliphatic hydroxyl groups excluding tert-OH is 1. The predicted octanol–water partition coefficient (Wildman–Crippen LogP) is 3.23. The number of nitrogens with one attached hydrogen (secondary N) is 2. The van der Waals surface area contributed by atoms with Crippen molar-refractivity contribution in [2.45, 2.75) is 74.6 Å². The van der Waals surface area contributed by atoms with E-state index in [-0.39, 0.29) is 35.4 Å². The summed E-state index contributed by atoms with van der Waals surface area (Å²) in [5, 5.41) is 15.9. The Morgan fingerprint density at radius 2 is 1.67 bits per heavy atom. The second-order valence-corrected chi connectivity index (χ2v) is 11.8. The van der Waals surface area contributed by atoms with Gasteiger partial charge in [-0.2, -0.15) is 4.31 Å². The van der Waals surface area contributed by atoms with Crippen molar-refractivity contribution in [3.05, 3.63) is 64.7 Å². The van der Waals surface area contributed by atoms with Gasteiger partial charge in [0.05, 0.1) is 11.0 Å². The van der Waals surface area contributed by atoms with E-state index in [1.165, 1.54) is 28.6 Å². The summed E-state index contributed by atoms with van der Waals surface area (Å²) in [6.07, 6.45) is 4.49. The zero-order chi connectivity index (χ0) is 25.7. The van der Waals surface area contributed by atoms with Crippen molar-refractivity contribution in [3.63, 3.8) is 0 Å². The molecular weight excluding hydrogens is 502 g/mol. The molecule has 0 unspecified atom stereocenters. The first-order valence-electron chi connectivity index (χ1n) is 12.4. The maximum Gasteiger partial charge on any atom is 0.251 e. The zero-order valence-electron chi connectivity index (χ0n) is 20.0. The first-order valence-corrected chi connectivity index (χ1v) is 14.2. The van der Waals surface area contributed by atoms with Crippen molar-refractivity contribution < 1.29 is 23.1 Å². The van der Waals surface area contributed by atoms with Crippen LogP contribution in [-0.4, -0.2) is 54.4 Å². The summed E-state index contributed by atoms with van der Waals surface area (Å²) >= 11 is 5.96. The fraction of sp³-hybridized carbons (Fsp3) is 0.462. The van der Waals surface area contributed by atoms with Crippen LogP contribution in [0.3, 0.4) is 0 Å². The third kappa shape index (κ3) is 6.45. The number of hydrogen-bond donors (Lipinski definition) is 3. The summed E-state index contributed by atoms with van der Waals surface area (Å²) in [4.78, 5) is 25.6. The highest BCUT2D eigenvalue weighted by molar-refractivity contribution is 7.89. The number of halogens is 1. The van der Waals surface area contributed by atoms with E-state index in [1.54, 1.807) is 24.3 Å². The van der Waals surface area contributed by atoms with Crippen LogP contribution in [0.2, 0.25) is 5.02 Å². The van der Waals surface area contributed by atoms with Gasteiger partial charge in [0.2, 0.25) is 15.9 Å². The van der Waals surface area contributed by atoms with E-state index in [2.05, 4.69) is 10.6 Å². The second kappa shape index (κ2) is 11.7. The van der Waals surface area contributed by atoms with Gasteiger partial charge in [0.15, 0.2) is 0 Å². The fourth-order valence-corrected chi connectivity index (χ4v) is 6.46. The molecule has 0 radical (unpaired) electrons. The summed E-state index contributed by atoms with van der Waals surface area (Å²) in [6, 6.07) is 11.9. The Morgan fingerprint density at radius 3 is 2.33 bits per heavy atom. The molecule has 1 saturated heterocycles. The van der Waals surface area contributed by atoms with E-state index < -0.39 is 16.1 Å². The van der Waals surface area contributed by atoms with Gasteiger partial charge in [0.1, 0.15) is 6.04 Å². The average molecular weight is 534 g/mol. The van der Waals surface area contributed by atoms with E-state index in [1.807, 2.05) is 0 Å². The number of nitrogens with zero attached hydrogens (tertiary/aromatic N) is 1. The summed E-state index contributed by atoms with van der Waals surface area (Å²) in [5.74, 6) is -0.504. The van der Waals surface area contributed by atoms with Gasteiger partial charge in [-0.15, -0.1) is 0 Å². The molecular formula is C26H32ClN3O5S. The fourth-order valence-electron chi connectivity index (χ4n) is 4.73. The third-order valence-electron chi connectivity index (χ3n) is 6.86. The number of rotatable bonds is 7. The highest BCUT2D eigenvalue weighted by atomic mass is 35.5. The van der Waals surface area contributed by atoms with E-state index in [4.69, 9.17) is 11.6 Å². The highest BCUT2D eigenvalue weighted by Crippen LogP contribution is 2.26. The van der Waals surface area contributed by atoms with Crippen molar-refractivity contribution in [1.29, 1.82) is 0 Å². The SMILES string of the molecule is O=C(NC1CCC(O)CC1)c1ccc(CN([C@@H]2CCCCNC2=O)S(=O)(=O)c2ccc(Cl)cc2)cc1. The molecule has 2 fully saturated rings. The minimum atomic E-state index is -4.00. The molecule has 8 nitrogen and oxygen atoms in total. The van der Waals surface area contributed by atoms with Crippen LogP contribution >= 0.6 is 11.6 Å². The van der Waals surface area contributed by atoms with Gasteiger partial charge in [-0.25, -0.2) is 8.42 Å². The maximum absolute atomic E-state index is 13.6. The largest absolute Gasteiger partial charge is 0.393 e. The lowest BCUT2D eigenvalue weighted by molar-refractivity contribution is -0.124. The van der Waals surface area contributed by atoms with Gasteiger partial charge < -0.3 is 15.7 Å². The standard InChI is InChI=1S/C26H32ClN3O5S/c27-20-8-14-23(15-9-20)36(34,35)30(24-3-1-2-16-28-26(24)33)17-18-4-6-19(7-5-18)25(32)29-21-10-12-22(31)13-11-21/h4-9,14-15,21-22,24,31H,1-3,10-13,16-17H2,(H,28,33)(H,29,32)/t21?,22?,24-/m1/s1. The molecule has 1 aliphatic carbocycles. The van der Waals surface area contributed by atoms with E-state index in [0.29, 0.717) is 42.0 Å². The van der Waals surface area contributed by atoms with Crippen molar-refractivity contribution in [1.82, 2.24) is 14.9 Å². The lowest BCUT2D eigenvalue weighted by Gasteiger charge is -2.29. The molecule has 194 valence electrons. The van der Waals surface area contributed by atoms with E-state index in [0.717, 1.165) is 25.7 Å². The lowest BCUT2D eigenvalue weighted by atomic mass is 9.93. The number of hydrogen-bond acceptors (Lipinski definition) is 5. The molecule has 36 heavy (non-hydrogen) atoms. The molecule has 1 saturated carbocycles. The number of aliphatic hydroxyl groups is 1. The highest BCUT2D eigenvalue weighted by Gasteiger charge is 2.36. The van der Waals surface area contributed by atoms with Gasteiger partial charge in [-0.3, -0.25) is 9.59 Å². The zero-order valence-corrected chi connectivity index (χ0v) is 21.6. The summed E-state index contributed by atoms with van der Waals surface area (Å²) in [7, 11) is -4.00. The normalized spacial score (nSPS) is 23.1. The Hall–Kier alpha value is -2.46. The minimum absolute atomic E-state index is 0.00847. The molecule has 1 aliphatic heterocycles. The molecule has 3 N–H and O–H groups in total. The smallest absolute Gasteiger partial charge is 0.251 e. The van der Waals surface area contributed by atoms with Crippen molar-refractivity contribution in [3.8, 4) is 0 Å². The molecule has 0 aromatic heterocycles. The monoisotopic (exact) mass is 533 g/mol. The first-order chi connectivity index (χ1) is 17.2. The van der Waals surface area contributed by atoms with Crippen molar-refractivity contribution in [2.75, 3.05) is 6.54 Å². The first kappa shape index (κ1) is 26.6. The summed E-state index contributed by atoms with van der Waals surface area (Å²) < 4.78 is 28.5. The maximum atomic E-state index is 13.6. The minimum Gasteiger partial charge on any atom is -0.393 e. The molecule has 10 heteroatoms. The number of carbonyl (C=O) groups excluding carboxylic acids is 2. The lowest BCUT2D eigenvalue weighted by Crippen LogP contribution is -2.48. The van der Waals surface area contributed by atoms with Gasteiger partial charge in [0, 0.05) is 29.7 Å².